The van der Waals surface area contributed by atoms with Gasteiger partial charge >= 0.3 is 11.9 Å². The molecule has 18 heavy (non-hydrogen) atoms. The Labute approximate surface area is 107 Å². The van der Waals surface area contributed by atoms with Gasteiger partial charge in [0.05, 0.1) is 19.8 Å². The molecular formula is C13H20O5. The highest BCUT2D eigenvalue weighted by atomic mass is 16.5. The zero-order chi connectivity index (χ0) is 14.1. The molecule has 1 N–H and O–H groups in total. The number of carbonyl (C=O) groups excluding carboxylic acids is 2. The van der Waals surface area contributed by atoms with Gasteiger partial charge in [0.1, 0.15) is 0 Å². The molecule has 0 unspecified atom stereocenters. The lowest BCUT2D eigenvalue weighted by Gasteiger charge is -2.28. The minimum atomic E-state index is -1.37. The van der Waals surface area contributed by atoms with Crippen LogP contribution in [0, 0.1) is 11.3 Å². The van der Waals surface area contributed by atoms with Crippen LogP contribution in [0.25, 0.3) is 0 Å². The molecule has 0 radical (unpaired) electrons. The molecule has 0 aliphatic heterocycles. The van der Waals surface area contributed by atoms with Gasteiger partial charge in [-0.25, -0.2) is 0 Å². The van der Waals surface area contributed by atoms with E-state index in [1.807, 2.05) is 0 Å². The number of esters is 2. The minimum Gasteiger partial charge on any atom is -0.468 e. The summed E-state index contributed by atoms with van der Waals surface area (Å²) in [4.78, 5) is 23.8. The number of rotatable bonds is 3. The molecule has 0 aromatic carbocycles. The van der Waals surface area contributed by atoms with E-state index in [-0.39, 0.29) is 18.8 Å². The maximum absolute atomic E-state index is 11.9. The molecule has 5 nitrogen and oxygen atoms in total. The van der Waals surface area contributed by atoms with E-state index in [9.17, 15) is 14.7 Å². The lowest BCUT2D eigenvalue weighted by atomic mass is 9.81. The van der Waals surface area contributed by atoms with E-state index in [1.54, 1.807) is 13.8 Å². The molecule has 1 fully saturated rings. The Morgan fingerprint density at radius 1 is 1.33 bits per heavy atom. The van der Waals surface area contributed by atoms with Crippen LogP contribution in [-0.4, -0.2) is 36.9 Å². The average molecular weight is 256 g/mol. The maximum atomic E-state index is 11.9. The summed E-state index contributed by atoms with van der Waals surface area (Å²) >= 11 is 0. The highest BCUT2D eigenvalue weighted by molar-refractivity contribution is 6.01. The van der Waals surface area contributed by atoms with Gasteiger partial charge in [0.2, 0.25) is 0 Å². The van der Waals surface area contributed by atoms with Crippen molar-refractivity contribution in [3.05, 3.63) is 12.2 Å². The summed E-state index contributed by atoms with van der Waals surface area (Å²) in [6.07, 6.45) is 0.315. The number of aliphatic hydroxyl groups is 1. The molecule has 0 amide bonds. The third-order valence-corrected chi connectivity index (χ3v) is 3.58. The van der Waals surface area contributed by atoms with E-state index >= 15 is 0 Å². The Balaban J connectivity index is 3.15. The van der Waals surface area contributed by atoms with E-state index in [2.05, 4.69) is 6.58 Å². The van der Waals surface area contributed by atoms with Crippen LogP contribution in [0.1, 0.15) is 26.7 Å². The fraction of sp³-hybridized carbons (Fsp3) is 0.692. The van der Waals surface area contributed by atoms with Gasteiger partial charge in [0.25, 0.3) is 0 Å². The smallest absolute Gasteiger partial charge is 0.323 e. The molecule has 0 heterocycles. The van der Waals surface area contributed by atoms with Crippen LogP contribution in [0.15, 0.2) is 12.2 Å². The highest BCUT2D eigenvalue weighted by Gasteiger charge is 2.57. The van der Waals surface area contributed by atoms with Crippen molar-refractivity contribution in [1.82, 2.24) is 0 Å². The monoisotopic (exact) mass is 256 g/mol. The molecule has 102 valence electrons. The Hall–Kier alpha value is -1.36. The van der Waals surface area contributed by atoms with Crippen LogP contribution in [0.2, 0.25) is 0 Å². The van der Waals surface area contributed by atoms with Crippen molar-refractivity contribution in [2.75, 3.05) is 14.2 Å². The molecule has 5 heteroatoms. The molecule has 1 atom stereocenters. The fourth-order valence-corrected chi connectivity index (χ4v) is 2.61. The first-order valence-electron chi connectivity index (χ1n) is 5.76. The first-order valence-corrected chi connectivity index (χ1v) is 5.76. The zero-order valence-corrected chi connectivity index (χ0v) is 11.3. The predicted molar refractivity (Wildman–Crippen MR) is 64.6 cm³/mol. The average Bonchev–Trinajstić information content (AvgIpc) is 2.66. The quantitative estimate of drug-likeness (QED) is 0.464. The minimum absolute atomic E-state index is 0.154. The van der Waals surface area contributed by atoms with E-state index in [0.717, 1.165) is 0 Å². The van der Waals surface area contributed by atoms with Crippen LogP contribution >= 0.6 is 0 Å². The molecule has 0 saturated heterocycles. The summed E-state index contributed by atoms with van der Waals surface area (Å²) in [5.74, 6) is -1.61. The number of carbonyl (C=O) groups is 2. The molecule has 1 rings (SSSR count). The third-order valence-electron chi connectivity index (χ3n) is 3.58. The van der Waals surface area contributed by atoms with Gasteiger partial charge in [0, 0.05) is 5.92 Å². The normalized spacial score (nSPS) is 22.7. The van der Waals surface area contributed by atoms with Crippen molar-refractivity contribution >= 4 is 11.9 Å². The SMILES string of the molecule is C=C1CC(C(=O)OC)(C(=O)OC)C[C@H]1C(C)(C)O. The molecule has 0 aromatic rings. The molecule has 0 spiro atoms. The molecule has 0 bridgehead atoms. The molecule has 1 aliphatic carbocycles. The summed E-state index contributed by atoms with van der Waals surface area (Å²) in [7, 11) is 2.46. The first-order chi connectivity index (χ1) is 8.19. The molecule has 1 saturated carbocycles. The summed E-state index contributed by atoms with van der Waals surface area (Å²) in [6.45, 7) is 7.12. The van der Waals surface area contributed by atoms with Gasteiger partial charge in [-0.2, -0.15) is 0 Å². The van der Waals surface area contributed by atoms with Gasteiger partial charge < -0.3 is 14.6 Å². The van der Waals surface area contributed by atoms with Crippen molar-refractivity contribution in [3.8, 4) is 0 Å². The van der Waals surface area contributed by atoms with Crippen molar-refractivity contribution in [1.29, 1.82) is 0 Å². The molecule has 0 aromatic heterocycles. The Bertz CT molecular complexity index is 361. The van der Waals surface area contributed by atoms with Gasteiger partial charge in [0.15, 0.2) is 5.41 Å². The number of hydrogen-bond donors (Lipinski definition) is 1. The summed E-state index contributed by atoms with van der Waals surface area (Å²) < 4.78 is 9.41. The third kappa shape index (κ3) is 2.27. The summed E-state index contributed by atoms with van der Waals surface area (Å²) in [5, 5.41) is 10.1. The predicted octanol–water partition coefficient (Wildman–Crippen LogP) is 1.06. The highest BCUT2D eigenvalue weighted by Crippen LogP contribution is 2.50. The van der Waals surface area contributed by atoms with E-state index < -0.39 is 23.0 Å². The van der Waals surface area contributed by atoms with Crippen LogP contribution in [0.5, 0.6) is 0 Å². The van der Waals surface area contributed by atoms with Crippen LogP contribution in [-0.2, 0) is 19.1 Å². The first kappa shape index (κ1) is 14.7. The van der Waals surface area contributed by atoms with Crippen LogP contribution < -0.4 is 0 Å². The lowest BCUT2D eigenvalue weighted by molar-refractivity contribution is -0.169. The van der Waals surface area contributed by atoms with Gasteiger partial charge in [-0.1, -0.05) is 12.2 Å². The van der Waals surface area contributed by atoms with Gasteiger partial charge in [-0.3, -0.25) is 9.59 Å². The summed E-state index contributed by atoms with van der Waals surface area (Å²) in [5.41, 5.74) is -1.75. The topological polar surface area (TPSA) is 72.8 Å². The van der Waals surface area contributed by atoms with Crippen molar-refractivity contribution in [2.45, 2.75) is 32.3 Å². The fourth-order valence-electron chi connectivity index (χ4n) is 2.61. The van der Waals surface area contributed by atoms with Crippen LogP contribution in [0.4, 0.5) is 0 Å². The van der Waals surface area contributed by atoms with E-state index in [1.165, 1.54) is 14.2 Å². The van der Waals surface area contributed by atoms with Crippen LogP contribution in [0.3, 0.4) is 0 Å². The Kier molecular flexibility index (Phi) is 3.86. The van der Waals surface area contributed by atoms with E-state index in [4.69, 9.17) is 9.47 Å². The lowest BCUT2D eigenvalue weighted by Crippen LogP contribution is -2.40. The second-order valence-electron chi connectivity index (χ2n) is 5.31. The molecular weight excluding hydrogens is 236 g/mol. The standard InChI is InChI=1S/C13H20O5/c1-8-6-13(10(14)17-4,11(15)18-5)7-9(8)12(2,3)16/h9,16H,1,6-7H2,2-5H3/t9-/m1/s1. The van der Waals surface area contributed by atoms with Crippen molar-refractivity contribution < 1.29 is 24.2 Å². The van der Waals surface area contributed by atoms with Crippen molar-refractivity contribution in [3.63, 3.8) is 0 Å². The largest absolute Gasteiger partial charge is 0.468 e. The maximum Gasteiger partial charge on any atom is 0.323 e. The van der Waals surface area contributed by atoms with Gasteiger partial charge in [-0.05, 0) is 26.7 Å². The second kappa shape index (κ2) is 4.72. The second-order valence-corrected chi connectivity index (χ2v) is 5.31. The Morgan fingerprint density at radius 2 is 1.78 bits per heavy atom. The Morgan fingerprint density at radius 3 is 2.06 bits per heavy atom. The molecule has 1 aliphatic rings. The van der Waals surface area contributed by atoms with Crippen molar-refractivity contribution in [2.24, 2.45) is 11.3 Å². The number of hydrogen-bond acceptors (Lipinski definition) is 5. The summed E-state index contributed by atoms with van der Waals surface area (Å²) in [6, 6.07) is 0. The zero-order valence-electron chi connectivity index (χ0n) is 11.3. The van der Waals surface area contributed by atoms with E-state index in [0.29, 0.717) is 5.57 Å². The number of methoxy groups -OCH3 is 2. The van der Waals surface area contributed by atoms with Gasteiger partial charge in [-0.15, -0.1) is 0 Å². The number of ether oxygens (including phenoxy) is 2.